The predicted octanol–water partition coefficient (Wildman–Crippen LogP) is 1.38. The van der Waals surface area contributed by atoms with Crippen LogP contribution in [0.25, 0.3) is 22.1 Å². The molecule has 43 heavy (non-hydrogen) atoms. The minimum absolute atomic E-state index is 0.0363. The van der Waals surface area contributed by atoms with Crippen LogP contribution in [0.3, 0.4) is 0 Å². The zero-order chi connectivity index (χ0) is 30.1. The molecule has 3 aromatic heterocycles. The number of fused-ring (bicyclic) bond motifs is 2. The number of aryl methyl sites for hydroxylation is 2. The SMILES string of the molecule is CC#CCn1c(N2CCC[C@@H](N(C)NC3CCCNC3)C2)nc2c1c(=O)n(Cc1nc(C)c3ccccc3n1)c(=O)n2C. The first-order valence-electron chi connectivity index (χ1n) is 15.1. The molecule has 0 bridgehead atoms. The summed E-state index contributed by atoms with van der Waals surface area (Å²) in [7, 11) is 3.78. The van der Waals surface area contributed by atoms with E-state index in [0.29, 0.717) is 35.5 Å². The number of nitrogens with one attached hydrogen (secondary N) is 2. The molecule has 2 aliphatic rings. The van der Waals surface area contributed by atoms with Gasteiger partial charge in [0.25, 0.3) is 5.56 Å². The van der Waals surface area contributed by atoms with Crippen molar-refractivity contribution in [3.05, 3.63) is 56.6 Å². The molecule has 0 spiro atoms. The molecule has 4 aromatic rings. The van der Waals surface area contributed by atoms with E-state index in [1.807, 2.05) is 35.8 Å². The van der Waals surface area contributed by atoms with Gasteiger partial charge in [0.1, 0.15) is 5.82 Å². The summed E-state index contributed by atoms with van der Waals surface area (Å²) in [6, 6.07) is 8.42. The predicted molar refractivity (Wildman–Crippen MR) is 168 cm³/mol. The van der Waals surface area contributed by atoms with Crippen LogP contribution in [-0.4, -0.2) is 79.0 Å². The van der Waals surface area contributed by atoms with E-state index in [-0.39, 0.29) is 12.6 Å². The first-order valence-corrected chi connectivity index (χ1v) is 15.1. The fourth-order valence-electron chi connectivity index (χ4n) is 6.36. The molecule has 0 aliphatic carbocycles. The largest absolute Gasteiger partial charge is 0.341 e. The number of hydrogen-bond acceptors (Lipinski definition) is 9. The second-order valence-corrected chi connectivity index (χ2v) is 11.6. The van der Waals surface area contributed by atoms with Crippen molar-refractivity contribution in [2.45, 2.75) is 64.7 Å². The summed E-state index contributed by atoms with van der Waals surface area (Å²) in [5.41, 5.74) is 5.12. The third kappa shape index (κ3) is 5.68. The number of aromatic nitrogens is 6. The van der Waals surface area contributed by atoms with Crippen LogP contribution < -0.4 is 26.9 Å². The Kier molecular flexibility index (Phi) is 8.30. The third-order valence-corrected chi connectivity index (χ3v) is 8.68. The quantitative estimate of drug-likeness (QED) is 0.245. The Morgan fingerprint density at radius 1 is 1.12 bits per heavy atom. The first kappa shape index (κ1) is 29.0. The van der Waals surface area contributed by atoms with E-state index < -0.39 is 11.2 Å². The maximum atomic E-state index is 14.1. The van der Waals surface area contributed by atoms with Crippen molar-refractivity contribution >= 4 is 28.0 Å². The van der Waals surface area contributed by atoms with Gasteiger partial charge in [-0.15, -0.1) is 5.92 Å². The zero-order valence-electron chi connectivity index (χ0n) is 25.4. The molecule has 2 N–H and O–H groups in total. The van der Waals surface area contributed by atoms with E-state index in [4.69, 9.17) is 4.98 Å². The maximum Gasteiger partial charge on any atom is 0.332 e. The second-order valence-electron chi connectivity index (χ2n) is 11.6. The van der Waals surface area contributed by atoms with Crippen molar-refractivity contribution in [2.75, 3.05) is 38.1 Å². The van der Waals surface area contributed by atoms with Gasteiger partial charge in [-0.25, -0.2) is 19.8 Å². The fraction of sp³-hybridized carbons (Fsp3) is 0.516. The molecule has 1 unspecified atom stereocenters. The summed E-state index contributed by atoms with van der Waals surface area (Å²) in [6.07, 6.45) is 4.38. The molecule has 0 radical (unpaired) electrons. The van der Waals surface area contributed by atoms with Gasteiger partial charge in [-0.3, -0.25) is 23.9 Å². The number of benzene rings is 1. The van der Waals surface area contributed by atoms with Gasteiger partial charge in [0.15, 0.2) is 11.2 Å². The highest BCUT2D eigenvalue weighted by Crippen LogP contribution is 2.25. The minimum atomic E-state index is -0.453. The molecule has 12 heteroatoms. The summed E-state index contributed by atoms with van der Waals surface area (Å²) in [6.45, 7) is 7.56. The molecule has 2 saturated heterocycles. The number of hydrazine groups is 1. The molecule has 2 fully saturated rings. The van der Waals surface area contributed by atoms with Crippen LogP contribution >= 0.6 is 0 Å². The van der Waals surface area contributed by atoms with Gasteiger partial charge in [-0.2, -0.15) is 4.98 Å². The standard InChI is InChI=1S/C31H40N10O2/c1-5-6-17-40-27-28(35-30(40)39-16-10-12-23(19-39)38(4)36-22-11-9-15-32-18-22)37(3)31(43)41(29(27)42)20-26-33-21(2)24-13-7-8-14-25(24)34-26/h7-8,13-14,22-23,32,36H,9-12,15-20H2,1-4H3/t22?,23-/m1/s1. The average Bonchev–Trinajstić information content (AvgIpc) is 3.41. The maximum absolute atomic E-state index is 14.1. The van der Waals surface area contributed by atoms with Crippen LogP contribution in [0.2, 0.25) is 0 Å². The molecule has 12 nitrogen and oxygen atoms in total. The van der Waals surface area contributed by atoms with Crippen molar-refractivity contribution in [3.8, 4) is 11.8 Å². The van der Waals surface area contributed by atoms with Crippen molar-refractivity contribution in [1.82, 2.24) is 44.4 Å². The smallest absolute Gasteiger partial charge is 0.332 e. The lowest BCUT2D eigenvalue weighted by molar-refractivity contribution is 0.112. The van der Waals surface area contributed by atoms with Crippen LogP contribution in [0, 0.1) is 18.8 Å². The van der Waals surface area contributed by atoms with E-state index in [2.05, 4.69) is 49.5 Å². The van der Waals surface area contributed by atoms with Gasteiger partial charge < -0.3 is 10.2 Å². The monoisotopic (exact) mass is 584 g/mol. The third-order valence-electron chi connectivity index (χ3n) is 8.68. The lowest BCUT2D eigenvalue weighted by Crippen LogP contribution is -2.57. The number of nitrogens with zero attached hydrogens (tertiary/aromatic N) is 8. The first-order chi connectivity index (χ1) is 20.9. The molecule has 0 amide bonds. The number of para-hydroxylation sites is 1. The van der Waals surface area contributed by atoms with Gasteiger partial charge in [0, 0.05) is 56.9 Å². The molecule has 0 saturated carbocycles. The van der Waals surface area contributed by atoms with Crippen LogP contribution in [0.15, 0.2) is 33.9 Å². The van der Waals surface area contributed by atoms with Gasteiger partial charge in [0.2, 0.25) is 5.95 Å². The van der Waals surface area contributed by atoms with Gasteiger partial charge in [-0.1, -0.05) is 24.1 Å². The summed E-state index contributed by atoms with van der Waals surface area (Å²) >= 11 is 0. The number of likely N-dealkylation sites (N-methyl/N-ethyl adjacent to an activating group) is 1. The Morgan fingerprint density at radius 3 is 2.74 bits per heavy atom. The van der Waals surface area contributed by atoms with Gasteiger partial charge in [-0.05, 0) is 52.1 Å². The summed E-state index contributed by atoms with van der Waals surface area (Å²) in [5, 5.41) is 6.66. The Morgan fingerprint density at radius 2 is 1.95 bits per heavy atom. The highest BCUT2D eigenvalue weighted by molar-refractivity contribution is 5.80. The van der Waals surface area contributed by atoms with Gasteiger partial charge in [0.05, 0.1) is 18.6 Å². The zero-order valence-corrected chi connectivity index (χ0v) is 25.4. The highest BCUT2D eigenvalue weighted by atomic mass is 16.2. The van der Waals surface area contributed by atoms with Crippen molar-refractivity contribution in [2.24, 2.45) is 7.05 Å². The minimum Gasteiger partial charge on any atom is -0.341 e. The fourth-order valence-corrected chi connectivity index (χ4v) is 6.36. The normalized spacial score (nSPS) is 19.2. The molecular weight excluding hydrogens is 544 g/mol. The van der Waals surface area contributed by atoms with Gasteiger partial charge >= 0.3 is 5.69 Å². The average molecular weight is 585 g/mol. The van der Waals surface area contributed by atoms with E-state index in [1.54, 1.807) is 14.0 Å². The van der Waals surface area contributed by atoms with Crippen LogP contribution in [0.1, 0.15) is 44.1 Å². The summed E-state index contributed by atoms with van der Waals surface area (Å²) in [5.74, 6) is 7.16. The number of piperidine rings is 2. The Balaban J connectivity index is 1.37. The Bertz CT molecular complexity index is 1820. The Labute approximate surface area is 250 Å². The summed E-state index contributed by atoms with van der Waals surface area (Å²) < 4.78 is 4.54. The number of hydrogen-bond donors (Lipinski definition) is 2. The number of rotatable bonds is 7. The number of anilines is 1. The lowest BCUT2D eigenvalue weighted by atomic mass is 10.1. The number of imidazole rings is 1. The van der Waals surface area contributed by atoms with E-state index in [9.17, 15) is 9.59 Å². The summed E-state index contributed by atoms with van der Waals surface area (Å²) in [4.78, 5) is 44.0. The molecule has 5 heterocycles. The molecule has 1 aromatic carbocycles. The second kappa shape index (κ2) is 12.3. The molecule has 2 atom stereocenters. The van der Waals surface area contributed by atoms with Crippen molar-refractivity contribution in [3.63, 3.8) is 0 Å². The molecular formula is C31H40N10O2. The van der Waals surface area contributed by atoms with E-state index in [1.165, 1.54) is 15.6 Å². The molecule has 6 rings (SSSR count). The highest BCUT2D eigenvalue weighted by Gasteiger charge is 2.30. The van der Waals surface area contributed by atoms with E-state index >= 15 is 0 Å². The van der Waals surface area contributed by atoms with Crippen LogP contribution in [0.5, 0.6) is 0 Å². The molecule has 2 aliphatic heterocycles. The Hall–Kier alpha value is -4.05. The lowest BCUT2D eigenvalue weighted by Gasteiger charge is -2.40. The van der Waals surface area contributed by atoms with Crippen LogP contribution in [0.4, 0.5) is 5.95 Å². The van der Waals surface area contributed by atoms with Crippen molar-refractivity contribution in [1.29, 1.82) is 0 Å². The topological polar surface area (TPSA) is 118 Å². The van der Waals surface area contributed by atoms with Crippen molar-refractivity contribution < 1.29 is 0 Å². The molecule has 226 valence electrons. The van der Waals surface area contributed by atoms with Crippen LogP contribution in [-0.2, 0) is 20.1 Å². The van der Waals surface area contributed by atoms with E-state index in [0.717, 1.165) is 62.0 Å².